The molecule has 0 aromatic rings. The second-order valence-electron chi connectivity index (χ2n) is 1.58. The molecule has 0 radical (unpaired) electrons. The van der Waals surface area contributed by atoms with Crippen molar-refractivity contribution >= 4 is 0 Å². The molecule has 1 N–H and O–H groups in total. The summed E-state index contributed by atoms with van der Waals surface area (Å²) in [5.74, 6) is 0. The van der Waals surface area contributed by atoms with Crippen LogP contribution in [0.2, 0.25) is 0 Å². The van der Waals surface area contributed by atoms with Crippen molar-refractivity contribution in [3.63, 3.8) is 0 Å². The first-order chi connectivity index (χ1) is 3.81. The number of rotatable bonds is 4. The normalized spacial score (nSPS) is 12.3. The summed E-state index contributed by atoms with van der Waals surface area (Å²) < 4.78 is 0. The Morgan fingerprint density at radius 2 is 2.11 bits per heavy atom. The molecule has 0 aliphatic carbocycles. The Bertz CT molecular complexity index is 54.2. The van der Waals surface area contributed by atoms with Gasteiger partial charge in [0.1, 0.15) is 0 Å². The van der Waals surface area contributed by atoms with Crippen LogP contribution in [-0.2, 0) is 9.78 Å². The SMILES string of the molecule is CCC(C)OOC[NH-].[U]. The van der Waals surface area contributed by atoms with Gasteiger partial charge in [-0.1, -0.05) is 6.92 Å². The minimum atomic E-state index is -0.121. The molecule has 1 atom stereocenters. The van der Waals surface area contributed by atoms with Crippen molar-refractivity contribution in [1.82, 2.24) is 0 Å². The van der Waals surface area contributed by atoms with Crippen LogP contribution < -0.4 is 0 Å². The number of hydrogen-bond donors (Lipinski definition) is 0. The molecule has 1 unspecified atom stereocenters. The summed E-state index contributed by atoms with van der Waals surface area (Å²) in [6.07, 6.45) is 1.03. The first-order valence-electron chi connectivity index (χ1n) is 2.74. The number of hydrogen-bond acceptors (Lipinski definition) is 2. The van der Waals surface area contributed by atoms with Crippen LogP contribution in [0.15, 0.2) is 0 Å². The molecule has 0 spiro atoms. The van der Waals surface area contributed by atoms with E-state index in [-0.39, 0.29) is 43.9 Å². The minimum absolute atomic E-state index is 0. The Labute approximate surface area is 79.6 Å². The predicted molar refractivity (Wildman–Crippen MR) is 31.1 cm³/mol. The van der Waals surface area contributed by atoms with Gasteiger partial charge in [0.05, 0.1) is 6.10 Å². The van der Waals surface area contributed by atoms with Gasteiger partial charge in [-0.25, -0.2) is 4.89 Å². The van der Waals surface area contributed by atoms with E-state index in [0.717, 1.165) is 6.42 Å². The van der Waals surface area contributed by atoms with Crippen LogP contribution in [0.1, 0.15) is 20.3 Å². The van der Waals surface area contributed by atoms with Crippen molar-refractivity contribution in [2.45, 2.75) is 26.4 Å². The van der Waals surface area contributed by atoms with Crippen LogP contribution in [0.3, 0.4) is 0 Å². The quantitative estimate of drug-likeness (QED) is 0.569. The fourth-order valence-electron chi connectivity index (χ4n) is 0.218. The molecule has 0 aliphatic heterocycles. The molecule has 0 rings (SSSR count). The van der Waals surface area contributed by atoms with Gasteiger partial charge in [-0.15, -0.1) is 0 Å². The largest absolute Gasteiger partial charge is 0.652 e. The molecule has 54 valence electrons. The minimum Gasteiger partial charge on any atom is -0.652 e. The molecule has 9 heavy (non-hydrogen) atoms. The van der Waals surface area contributed by atoms with Crippen molar-refractivity contribution in [3.05, 3.63) is 5.73 Å². The smallest absolute Gasteiger partial charge is 0.0898 e. The van der Waals surface area contributed by atoms with Crippen molar-refractivity contribution in [1.29, 1.82) is 0 Å². The summed E-state index contributed by atoms with van der Waals surface area (Å²) in [6, 6.07) is 0. The van der Waals surface area contributed by atoms with Crippen LogP contribution in [-0.4, -0.2) is 12.8 Å². The van der Waals surface area contributed by atoms with Crippen molar-refractivity contribution in [3.8, 4) is 0 Å². The van der Waals surface area contributed by atoms with Gasteiger partial charge < -0.3 is 5.73 Å². The molecule has 0 aromatic carbocycles. The van der Waals surface area contributed by atoms with Crippen molar-refractivity contribution in [2.24, 2.45) is 0 Å². The van der Waals surface area contributed by atoms with E-state index in [1.54, 1.807) is 0 Å². The average molecular weight is 356 g/mol. The van der Waals surface area contributed by atoms with Gasteiger partial charge in [-0.2, -0.15) is 0 Å². The van der Waals surface area contributed by atoms with E-state index in [2.05, 4.69) is 9.78 Å². The molecule has 4 heteroatoms. The molecular formula is C5H12NO2U-. The first kappa shape index (κ1) is 12.6. The maximum atomic E-state index is 6.52. The van der Waals surface area contributed by atoms with Gasteiger partial charge in [-0.3, -0.25) is 4.89 Å². The molecule has 0 saturated heterocycles. The van der Waals surface area contributed by atoms with Crippen LogP contribution >= 0.6 is 0 Å². The van der Waals surface area contributed by atoms with E-state index in [4.69, 9.17) is 5.73 Å². The fourth-order valence-corrected chi connectivity index (χ4v) is 0.218. The van der Waals surface area contributed by atoms with E-state index in [1.165, 1.54) is 0 Å². The maximum absolute atomic E-state index is 6.52. The fraction of sp³-hybridized carbons (Fsp3) is 1.00. The Kier molecular flexibility index (Phi) is 12.5. The maximum Gasteiger partial charge on any atom is 0.0898 e. The van der Waals surface area contributed by atoms with E-state index >= 15 is 0 Å². The van der Waals surface area contributed by atoms with Crippen molar-refractivity contribution < 1.29 is 40.9 Å². The van der Waals surface area contributed by atoms with Gasteiger partial charge in [0, 0.05) is 31.1 Å². The topological polar surface area (TPSA) is 42.3 Å². The zero-order valence-electron chi connectivity index (χ0n) is 5.81. The second kappa shape index (κ2) is 8.93. The van der Waals surface area contributed by atoms with Gasteiger partial charge in [-0.05, 0) is 20.1 Å². The Hall–Kier alpha value is 0.932. The van der Waals surface area contributed by atoms with Gasteiger partial charge >= 0.3 is 0 Å². The molecule has 3 nitrogen and oxygen atoms in total. The summed E-state index contributed by atoms with van der Waals surface area (Å²) in [5.41, 5.74) is 6.52. The standard InChI is InChI=1S/C5H12NO2.U/c1-3-5(2)8-7-4-6;/h5-6H,3-4H2,1-2H3;/q-1;. The second-order valence-corrected chi connectivity index (χ2v) is 1.58. The summed E-state index contributed by atoms with van der Waals surface area (Å²) in [7, 11) is 0. The van der Waals surface area contributed by atoms with E-state index in [0.29, 0.717) is 0 Å². The summed E-state index contributed by atoms with van der Waals surface area (Å²) >= 11 is 0. The van der Waals surface area contributed by atoms with Crippen LogP contribution in [0.5, 0.6) is 0 Å². The van der Waals surface area contributed by atoms with Crippen molar-refractivity contribution in [2.75, 3.05) is 6.73 Å². The predicted octanol–water partition coefficient (Wildman–Crippen LogP) is 1.74. The zero-order chi connectivity index (χ0) is 6.41. The Morgan fingerprint density at radius 1 is 1.56 bits per heavy atom. The van der Waals surface area contributed by atoms with Gasteiger partial charge in [0.2, 0.25) is 0 Å². The van der Waals surface area contributed by atoms with E-state index < -0.39 is 0 Å². The Morgan fingerprint density at radius 3 is 2.44 bits per heavy atom. The van der Waals surface area contributed by atoms with E-state index in [1.807, 2.05) is 13.8 Å². The zero-order valence-corrected chi connectivity index (χ0v) is 9.97. The first-order valence-corrected chi connectivity index (χ1v) is 2.74. The molecule has 0 saturated carbocycles. The summed E-state index contributed by atoms with van der Waals surface area (Å²) in [6.45, 7) is 3.78. The molecule has 0 aliphatic rings. The van der Waals surface area contributed by atoms with Crippen LogP contribution in [0.25, 0.3) is 5.73 Å². The van der Waals surface area contributed by atoms with Gasteiger partial charge in [0.25, 0.3) is 0 Å². The van der Waals surface area contributed by atoms with Crippen LogP contribution in [0.4, 0.5) is 0 Å². The molecule has 0 fully saturated rings. The third-order valence-corrected chi connectivity index (χ3v) is 0.866. The Balaban J connectivity index is 0. The van der Waals surface area contributed by atoms with Gasteiger partial charge in [0.15, 0.2) is 0 Å². The van der Waals surface area contributed by atoms with Crippen LogP contribution in [0, 0.1) is 31.1 Å². The average Bonchev–Trinajstić information content (AvgIpc) is 1.83. The molecule has 0 aromatic heterocycles. The third-order valence-electron chi connectivity index (χ3n) is 0.866. The summed E-state index contributed by atoms with van der Waals surface area (Å²) in [5, 5.41) is 0. The molecule has 0 bridgehead atoms. The number of nitrogens with one attached hydrogen (secondary N) is 1. The molecule has 0 amide bonds. The molecular weight excluding hydrogens is 344 g/mol. The molecule has 0 heterocycles. The monoisotopic (exact) mass is 356 g/mol. The third kappa shape index (κ3) is 8.93. The summed E-state index contributed by atoms with van der Waals surface area (Å²) in [4.78, 5) is 9.01. The van der Waals surface area contributed by atoms with E-state index in [9.17, 15) is 0 Å².